The Morgan fingerprint density at radius 2 is 1.77 bits per heavy atom. The largest absolute Gasteiger partial charge is 0.493 e. The summed E-state index contributed by atoms with van der Waals surface area (Å²) in [7, 11) is -0.202. The molecule has 1 fully saturated rings. The lowest BCUT2D eigenvalue weighted by Crippen LogP contribution is -2.36. The highest BCUT2D eigenvalue weighted by Gasteiger charge is 2.23. The van der Waals surface area contributed by atoms with E-state index in [0.717, 1.165) is 48.9 Å². The SMILES string of the molecule is COc1cc2ncnc(N3CCC(COS(C)(=O)=O)CC3)c2cc1OC. The van der Waals surface area contributed by atoms with E-state index in [1.165, 1.54) is 0 Å². The van der Waals surface area contributed by atoms with Crippen molar-refractivity contribution in [1.29, 1.82) is 0 Å². The Balaban J connectivity index is 1.79. The maximum atomic E-state index is 11.1. The number of anilines is 1. The van der Waals surface area contributed by atoms with Crippen molar-refractivity contribution in [2.45, 2.75) is 12.8 Å². The van der Waals surface area contributed by atoms with Gasteiger partial charge in [0.2, 0.25) is 0 Å². The van der Waals surface area contributed by atoms with Gasteiger partial charge in [-0.3, -0.25) is 4.18 Å². The summed E-state index contributed by atoms with van der Waals surface area (Å²) in [6.07, 6.45) is 4.31. The smallest absolute Gasteiger partial charge is 0.264 e. The number of aromatic nitrogens is 2. The fourth-order valence-electron chi connectivity index (χ4n) is 3.15. The predicted octanol–water partition coefficient (Wildman–Crippen LogP) is 1.84. The van der Waals surface area contributed by atoms with Gasteiger partial charge in [-0.05, 0) is 24.8 Å². The minimum Gasteiger partial charge on any atom is -0.493 e. The molecule has 3 rings (SSSR count). The molecular formula is C17H23N3O5S. The molecule has 26 heavy (non-hydrogen) atoms. The molecule has 9 heteroatoms. The standard InChI is InChI=1S/C17H23N3O5S/c1-23-15-8-13-14(9-16(15)24-2)18-11-19-17(13)20-6-4-12(5-7-20)10-25-26(3,21)22/h8-9,11-12H,4-7,10H2,1-3H3. The number of fused-ring (bicyclic) bond motifs is 1. The monoisotopic (exact) mass is 381 g/mol. The van der Waals surface area contributed by atoms with Crippen molar-refractivity contribution in [3.63, 3.8) is 0 Å². The first kappa shape index (κ1) is 18.7. The lowest BCUT2D eigenvalue weighted by atomic mass is 9.97. The molecule has 8 nitrogen and oxygen atoms in total. The summed E-state index contributed by atoms with van der Waals surface area (Å²) in [6, 6.07) is 3.73. The van der Waals surface area contributed by atoms with Crippen LogP contribution in [0.3, 0.4) is 0 Å². The number of hydrogen-bond acceptors (Lipinski definition) is 8. The van der Waals surface area contributed by atoms with Crippen molar-refractivity contribution >= 4 is 26.8 Å². The van der Waals surface area contributed by atoms with Gasteiger partial charge in [0, 0.05) is 24.5 Å². The summed E-state index contributed by atoms with van der Waals surface area (Å²) >= 11 is 0. The highest BCUT2D eigenvalue weighted by atomic mass is 32.2. The van der Waals surface area contributed by atoms with Gasteiger partial charge >= 0.3 is 0 Å². The molecule has 0 N–H and O–H groups in total. The maximum absolute atomic E-state index is 11.1. The first-order valence-corrected chi connectivity index (χ1v) is 10.2. The molecule has 142 valence electrons. The van der Waals surface area contributed by atoms with E-state index in [-0.39, 0.29) is 12.5 Å². The van der Waals surface area contributed by atoms with E-state index in [2.05, 4.69) is 14.9 Å². The van der Waals surface area contributed by atoms with Crippen molar-refractivity contribution in [2.75, 3.05) is 45.1 Å². The zero-order valence-corrected chi connectivity index (χ0v) is 16.0. The molecule has 1 aromatic carbocycles. The second-order valence-electron chi connectivity index (χ2n) is 6.34. The zero-order chi connectivity index (χ0) is 18.7. The van der Waals surface area contributed by atoms with Crippen molar-refractivity contribution in [3.05, 3.63) is 18.5 Å². The van der Waals surface area contributed by atoms with E-state index in [1.807, 2.05) is 12.1 Å². The molecular weight excluding hydrogens is 358 g/mol. The Hall–Kier alpha value is -2.13. The van der Waals surface area contributed by atoms with Crippen LogP contribution in [0.1, 0.15) is 12.8 Å². The number of hydrogen-bond donors (Lipinski definition) is 0. The number of nitrogens with zero attached hydrogens (tertiary/aromatic N) is 3. The Labute approximate surface area is 153 Å². The number of methoxy groups -OCH3 is 2. The average molecular weight is 381 g/mol. The molecule has 2 aromatic rings. The second kappa shape index (κ2) is 7.63. The fourth-order valence-corrected chi connectivity index (χ4v) is 3.59. The third-order valence-electron chi connectivity index (χ3n) is 4.55. The highest BCUT2D eigenvalue weighted by Crippen LogP contribution is 2.35. The molecule has 0 saturated carbocycles. The maximum Gasteiger partial charge on any atom is 0.264 e. The van der Waals surface area contributed by atoms with Gasteiger partial charge in [-0.2, -0.15) is 8.42 Å². The van der Waals surface area contributed by atoms with Crippen molar-refractivity contribution < 1.29 is 22.1 Å². The molecule has 0 atom stereocenters. The van der Waals surface area contributed by atoms with Gasteiger partial charge in [-0.15, -0.1) is 0 Å². The van der Waals surface area contributed by atoms with E-state index < -0.39 is 10.1 Å². The molecule has 1 saturated heterocycles. The van der Waals surface area contributed by atoms with Crippen molar-refractivity contribution in [1.82, 2.24) is 9.97 Å². The van der Waals surface area contributed by atoms with Crippen LogP contribution in [0.25, 0.3) is 10.9 Å². The molecule has 1 aliphatic heterocycles. The molecule has 0 bridgehead atoms. The zero-order valence-electron chi connectivity index (χ0n) is 15.1. The minimum atomic E-state index is -3.39. The van der Waals surface area contributed by atoms with Crippen molar-refractivity contribution in [2.24, 2.45) is 5.92 Å². The van der Waals surface area contributed by atoms with Gasteiger partial charge in [0.05, 0.1) is 32.6 Å². The van der Waals surface area contributed by atoms with Crippen LogP contribution in [0.4, 0.5) is 5.82 Å². The summed E-state index contributed by atoms with van der Waals surface area (Å²) in [6.45, 7) is 1.79. The van der Waals surface area contributed by atoms with Crippen LogP contribution in [0.5, 0.6) is 11.5 Å². The third kappa shape index (κ3) is 4.16. The molecule has 0 spiro atoms. The molecule has 0 aliphatic carbocycles. The quantitative estimate of drug-likeness (QED) is 0.700. The van der Waals surface area contributed by atoms with Gasteiger partial charge in [0.25, 0.3) is 10.1 Å². The topological polar surface area (TPSA) is 90.9 Å². The lowest BCUT2D eigenvalue weighted by Gasteiger charge is -2.33. The average Bonchev–Trinajstić information content (AvgIpc) is 2.64. The third-order valence-corrected chi connectivity index (χ3v) is 5.12. The molecule has 0 radical (unpaired) electrons. The first-order chi connectivity index (χ1) is 12.4. The van der Waals surface area contributed by atoms with Crippen LogP contribution in [0, 0.1) is 5.92 Å². The predicted molar refractivity (Wildman–Crippen MR) is 98.4 cm³/mol. The van der Waals surface area contributed by atoms with Gasteiger partial charge in [-0.1, -0.05) is 0 Å². The number of ether oxygens (including phenoxy) is 2. The molecule has 0 unspecified atom stereocenters. The van der Waals surface area contributed by atoms with Crippen LogP contribution < -0.4 is 14.4 Å². The minimum absolute atomic E-state index is 0.226. The molecule has 1 aliphatic rings. The Morgan fingerprint density at radius 3 is 2.38 bits per heavy atom. The Kier molecular flexibility index (Phi) is 5.47. The molecule has 1 aromatic heterocycles. The van der Waals surface area contributed by atoms with Crippen LogP contribution in [-0.2, 0) is 14.3 Å². The van der Waals surface area contributed by atoms with Gasteiger partial charge in [-0.25, -0.2) is 9.97 Å². The van der Waals surface area contributed by atoms with E-state index in [1.54, 1.807) is 20.5 Å². The fraction of sp³-hybridized carbons (Fsp3) is 0.529. The summed E-state index contributed by atoms with van der Waals surface area (Å²) < 4.78 is 38.0. The Morgan fingerprint density at radius 1 is 1.12 bits per heavy atom. The first-order valence-electron chi connectivity index (χ1n) is 8.37. The van der Waals surface area contributed by atoms with E-state index >= 15 is 0 Å². The summed E-state index contributed by atoms with van der Waals surface area (Å²) in [5, 5.41) is 0.899. The molecule has 2 heterocycles. The van der Waals surface area contributed by atoms with Gasteiger partial charge < -0.3 is 14.4 Å². The van der Waals surface area contributed by atoms with E-state index in [4.69, 9.17) is 13.7 Å². The van der Waals surface area contributed by atoms with Crippen LogP contribution in [0.2, 0.25) is 0 Å². The number of benzene rings is 1. The Bertz CT molecular complexity index is 879. The van der Waals surface area contributed by atoms with Crippen LogP contribution in [0.15, 0.2) is 18.5 Å². The highest BCUT2D eigenvalue weighted by molar-refractivity contribution is 7.85. The normalized spacial score (nSPS) is 16.0. The molecule has 0 amide bonds. The second-order valence-corrected chi connectivity index (χ2v) is 7.98. The summed E-state index contributed by atoms with van der Waals surface area (Å²) in [4.78, 5) is 11.0. The van der Waals surface area contributed by atoms with Gasteiger partial charge in [0.1, 0.15) is 12.1 Å². The van der Waals surface area contributed by atoms with Crippen LogP contribution >= 0.6 is 0 Å². The summed E-state index contributed by atoms with van der Waals surface area (Å²) in [5.41, 5.74) is 0.787. The number of rotatable bonds is 6. The lowest BCUT2D eigenvalue weighted by molar-refractivity contribution is 0.229. The summed E-state index contributed by atoms with van der Waals surface area (Å²) in [5.74, 6) is 2.33. The van der Waals surface area contributed by atoms with Crippen LogP contribution in [-0.4, -0.2) is 58.6 Å². The van der Waals surface area contributed by atoms with E-state index in [0.29, 0.717) is 11.5 Å². The van der Waals surface area contributed by atoms with Gasteiger partial charge in [0.15, 0.2) is 11.5 Å². The van der Waals surface area contributed by atoms with Crippen molar-refractivity contribution in [3.8, 4) is 11.5 Å². The number of piperidine rings is 1. The van der Waals surface area contributed by atoms with E-state index in [9.17, 15) is 8.42 Å².